The van der Waals surface area contributed by atoms with Crippen molar-refractivity contribution < 1.29 is 0 Å². The summed E-state index contributed by atoms with van der Waals surface area (Å²) in [5.41, 5.74) is 11.4. The summed E-state index contributed by atoms with van der Waals surface area (Å²) in [6.07, 6.45) is 4.86. The SMILES string of the molecule is CCc1cccc(-c2nc(N)nc3c2nc(-c2ccnc(NC)n2)n3C2CC2)c1. The number of aromatic nitrogens is 6. The second-order valence-electron chi connectivity index (χ2n) is 7.21. The number of rotatable bonds is 5. The number of benzene rings is 1. The van der Waals surface area contributed by atoms with Gasteiger partial charge in [0.15, 0.2) is 11.5 Å². The van der Waals surface area contributed by atoms with Crippen LogP contribution in [-0.4, -0.2) is 36.5 Å². The highest BCUT2D eigenvalue weighted by Gasteiger charge is 2.31. The Morgan fingerprint density at radius 1 is 1.14 bits per heavy atom. The maximum Gasteiger partial charge on any atom is 0.223 e. The lowest BCUT2D eigenvalue weighted by atomic mass is 10.1. The number of imidazole rings is 1. The molecule has 8 heteroatoms. The Hall–Kier alpha value is -3.55. The molecule has 0 unspecified atom stereocenters. The van der Waals surface area contributed by atoms with Gasteiger partial charge in [-0.25, -0.2) is 19.9 Å². The molecule has 0 saturated heterocycles. The molecule has 3 aromatic heterocycles. The zero-order valence-corrected chi connectivity index (χ0v) is 16.4. The van der Waals surface area contributed by atoms with E-state index < -0.39 is 0 Å². The van der Waals surface area contributed by atoms with Gasteiger partial charge in [0.2, 0.25) is 11.9 Å². The second kappa shape index (κ2) is 6.80. The smallest absolute Gasteiger partial charge is 0.223 e. The van der Waals surface area contributed by atoms with Crippen molar-refractivity contribution in [3.63, 3.8) is 0 Å². The van der Waals surface area contributed by atoms with E-state index in [0.717, 1.165) is 53.2 Å². The molecular weight excluding hydrogens is 364 g/mol. The third-order valence-electron chi connectivity index (χ3n) is 5.19. The van der Waals surface area contributed by atoms with Crippen molar-refractivity contribution in [3.8, 4) is 22.8 Å². The number of nitrogens with one attached hydrogen (secondary N) is 1. The first kappa shape index (κ1) is 17.5. The van der Waals surface area contributed by atoms with Crippen LogP contribution in [0.2, 0.25) is 0 Å². The predicted octanol–water partition coefficient (Wildman–Crippen LogP) is 3.47. The van der Waals surface area contributed by atoms with E-state index in [1.165, 1.54) is 5.56 Å². The molecule has 3 heterocycles. The van der Waals surface area contributed by atoms with E-state index in [1.807, 2.05) is 18.2 Å². The summed E-state index contributed by atoms with van der Waals surface area (Å²) in [4.78, 5) is 22.9. The van der Waals surface area contributed by atoms with Crippen LogP contribution in [0, 0.1) is 0 Å². The Morgan fingerprint density at radius 3 is 2.76 bits per heavy atom. The molecular formula is C21H22N8. The van der Waals surface area contributed by atoms with Gasteiger partial charge in [0.05, 0.1) is 0 Å². The highest BCUT2D eigenvalue weighted by molar-refractivity contribution is 5.91. The highest BCUT2D eigenvalue weighted by Crippen LogP contribution is 2.42. The lowest BCUT2D eigenvalue weighted by Gasteiger charge is -2.08. The Balaban J connectivity index is 1.78. The lowest BCUT2D eigenvalue weighted by Crippen LogP contribution is -2.04. The fourth-order valence-electron chi connectivity index (χ4n) is 3.59. The van der Waals surface area contributed by atoms with Crippen LogP contribution in [0.3, 0.4) is 0 Å². The maximum atomic E-state index is 6.12. The topological polar surface area (TPSA) is 107 Å². The Labute approximate surface area is 168 Å². The maximum absolute atomic E-state index is 6.12. The lowest BCUT2D eigenvalue weighted by molar-refractivity contribution is 0.763. The van der Waals surface area contributed by atoms with Gasteiger partial charge in [-0.3, -0.25) is 0 Å². The van der Waals surface area contributed by atoms with Crippen LogP contribution in [0.1, 0.15) is 31.4 Å². The largest absolute Gasteiger partial charge is 0.368 e. The molecule has 0 spiro atoms. The van der Waals surface area contributed by atoms with Crippen LogP contribution in [0.25, 0.3) is 33.9 Å². The van der Waals surface area contributed by atoms with Gasteiger partial charge in [-0.05, 0) is 37.0 Å². The van der Waals surface area contributed by atoms with E-state index in [0.29, 0.717) is 12.0 Å². The van der Waals surface area contributed by atoms with Crippen molar-refractivity contribution in [3.05, 3.63) is 42.1 Å². The molecule has 146 valence electrons. The first-order valence-electron chi connectivity index (χ1n) is 9.84. The Bertz CT molecular complexity index is 1210. The number of nitrogen functional groups attached to an aromatic ring is 1. The van der Waals surface area contributed by atoms with Gasteiger partial charge in [-0.2, -0.15) is 4.98 Å². The number of hydrogen-bond donors (Lipinski definition) is 2. The molecule has 4 aromatic rings. The van der Waals surface area contributed by atoms with Crippen LogP contribution < -0.4 is 11.1 Å². The highest BCUT2D eigenvalue weighted by atomic mass is 15.2. The number of fused-ring (bicyclic) bond motifs is 1. The van der Waals surface area contributed by atoms with Gasteiger partial charge in [0, 0.05) is 24.8 Å². The van der Waals surface area contributed by atoms with E-state index in [9.17, 15) is 0 Å². The van der Waals surface area contributed by atoms with Crippen LogP contribution in [-0.2, 0) is 6.42 Å². The standard InChI is InChI=1S/C21H22N8/c1-3-12-5-4-6-13(11-12)16-17-19(28-20(22)27-16)29(14-7-8-14)18(26-17)15-9-10-24-21(23-2)25-15/h4-6,9-11,14H,3,7-8H2,1-2H3,(H2,22,27,28)(H,23,24,25). The van der Waals surface area contributed by atoms with E-state index in [-0.39, 0.29) is 5.95 Å². The first-order valence-corrected chi connectivity index (χ1v) is 9.84. The minimum atomic E-state index is 0.251. The molecule has 1 fully saturated rings. The molecule has 0 aliphatic heterocycles. The zero-order valence-electron chi connectivity index (χ0n) is 16.4. The summed E-state index contributed by atoms with van der Waals surface area (Å²) in [6, 6.07) is 10.6. The molecule has 5 rings (SSSR count). The molecule has 0 amide bonds. The van der Waals surface area contributed by atoms with Crippen molar-refractivity contribution in [2.45, 2.75) is 32.2 Å². The molecule has 1 saturated carbocycles. The van der Waals surface area contributed by atoms with Gasteiger partial charge in [0.1, 0.15) is 16.9 Å². The minimum absolute atomic E-state index is 0.251. The molecule has 1 aliphatic carbocycles. The minimum Gasteiger partial charge on any atom is -0.368 e. The summed E-state index contributed by atoms with van der Waals surface area (Å²) in [7, 11) is 1.80. The van der Waals surface area contributed by atoms with Gasteiger partial charge in [-0.1, -0.05) is 25.1 Å². The van der Waals surface area contributed by atoms with Gasteiger partial charge in [-0.15, -0.1) is 0 Å². The van der Waals surface area contributed by atoms with E-state index >= 15 is 0 Å². The van der Waals surface area contributed by atoms with Crippen LogP contribution in [0.4, 0.5) is 11.9 Å². The summed E-state index contributed by atoms with van der Waals surface area (Å²) in [6.45, 7) is 2.14. The Kier molecular flexibility index (Phi) is 4.12. The summed E-state index contributed by atoms with van der Waals surface area (Å²) < 4.78 is 2.16. The number of hydrogen-bond acceptors (Lipinski definition) is 7. The summed E-state index contributed by atoms with van der Waals surface area (Å²) in [5.74, 6) is 1.58. The molecule has 1 aliphatic rings. The summed E-state index contributed by atoms with van der Waals surface area (Å²) >= 11 is 0. The van der Waals surface area contributed by atoms with Crippen LogP contribution in [0.15, 0.2) is 36.5 Å². The molecule has 0 bridgehead atoms. The zero-order chi connectivity index (χ0) is 20.0. The van der Waals surface area contributed by atoms with Gasteiger partial charge in [0.25, 0.3) is 0 Å². The molecule has 0 atom stereocenters. The molecule has 0 radical (unpaired) electrons. The monoisotopic (exact) mass is 386 g/mol. The average molecular weight is 386 g/mol. The van der Waals surface area contributed by atoms with E-state index in [1.54, 1.807) is 13.2 Å². The fraction of sp³-hybridized carbons (Fsp3) is 0.286. The van der Waals surface area contributed by atoms with Gasteiger partial charge < -0.3 is 15.6 Å². The van der Waals surface area contributed by atoms with Crippen molar-refractivity contribution >= 4 is 23.1 Å². The van der Waals surface area contributed by atoms with Gasteiger partial charge >= 0.3 is 0 Å². The number of anilines is 2. The third-order valence-corrected chi connectivity index (χ3v) is 5.19. The number of nitrogens with two attached hydrogens (primary N) is 1. The van der Waals surface area contributed by atoms with Crippen LogP contribution in [0.5, 0.6) is 0 Å². The average Bonchev–Trinajstić information content (AvgIpc) is 3.53. The predicted molar refractivity (Wildman–Crippen MR) is 113 cm³/mol. The van der Waals surface area contributed by atoms with Crippen molar-refractivity contribution in [1.29, 1.82) is 0 Å². The Morgan fingerprint density at radius 2 is 2.00 bits per heavy atom. The fourth-order valence-corrected chi connectivity index (χ4v) is 3.59. The molecule has 1 aromatic carbocycles. The van der Waals surface area contributed by atoms with Crippen molar-refractivity contribution in [1.82, 2.24) is 29.5 Å². The third kappa shape index (κ3) is 3.06. The quantitative estimate of drug-likeness (QED) is 0.541. The van der Waals surface area contributed by atoms with Crippen molar-refractivity contribution in [2.75, 3.05) is 18.1 Å². The second-order valence-corrected chi connectivity index (χ2v) is 7.21. The summed E-state index contributed by atoms with van der Waals surface area (Å²) in [5, 5.41) is 2.99. The van der Waals surface area contributed by atoms with Crippen molar-refractivity contribution in [2.24, 2.45) is 0 Å². The number of aryl methyl sites for hydroxylation is 1. The first-order chi connectivity index (χ1) is 14.2. The van der Waals surface area contributed by atoms with E-state index in [2.05, 4.69) is 48.9 Å². The van der Waals surface area contributed by atoms with Crippen LogP contribution >= 0.6 is 0 Å². The normalized spacial score (nSPS) is 13.7. The molecule has 29 heavy (non-hydrogen) atoms. The molecule has 8 nitrogen and oxygen atoms in total. The molecule has 3 N–H and O–H groups in total. The number of nitrogens with zero attached hydrogens (tertiary/aromatic N) is 6. The van der Waals surface area contributed by atoms with E-state index in [4.69, 9.17) is 10.7 Å².